The molecular weight excluding hydrogens is 388 g/mol. The first-order chi connectivity index (χ1) is 14.1. The minimum Gasteiger partial charge on any atom is -0.489 e. The molecular formula is C23H29ClN2O3. The van der Waals surface area contributed by atoms with Gasteiger partial charge in [-0.25, -0.2) is 0 Å². The number of carbonyl (C=O) groups is 1. The first kappa shape index (κ1) is 20.3. The van der Waals surface area contributed by atoms with E-state index in [9.17, 15) is 4.79 Å². The number of carbonyl (C=O) groups excluding carboxylic acids is 1. The second kappa shape index (κ2) is 9.23. The third kappa shape index (κ3) is 5.14. The minimum absolute atomic E-state index is 0.0574. The van der Waals surface area contributed by atoms with E-state index in [-0.39, 0.29) is 12.0 Å². The summed E-state index contributed by atoms with van der Waals surface area (Å²) in [7, 11) is 0. The van der Waals surface area contributed by atoms with Gasteiger partial charge >= 0.3 is 0 Å². The van der Waals surface area contributed by atoms with Crippen LogP contribution in [0.25, 0.3) is 0 Å². The lowest BCUT2D eigenvalue weighted by Crippen LogP contribution is -2.38. The van der Waals surface area contributed by atoms with Crippen LogP contribution < -0.4 is 4.74 Å². The molecule has 5 nitrogen and oxygen atoms in total. The molecule has 2 fully saturated rings. The molecule has 0 unspecified atom stereocenters. The molecule has 2 aliphatic rings. The predicted octanol–water partition coefficient (Wildman–Crippen LogP) is 4.91. The van der Waals surface area contributed by atoms with Crippen LogP contribution >= 0.6 is 11.6 Å². The van der Waals surface area contributed by atoms with Crippen molar-refractivity contribution in [2.45, 2.75) is 51.7 Å². The van der Waals surface area contributed by atoms with Crippen LogP contribution in [0.4, 0.5) is 0 Å². The molecule has 1 aromatic heterocycles. The molecule has 0 aliphatic carbocycles. The molecule has 2 aliphatic heterocycles. The highest BCUT2D eigenvalue weighted by Crippen LogP contribution is 2.29. The van der Waals surface area contributed by atoms with Crippen molar-refractivity contribution in [2.24, 2.45) is 0 Å². The van der Waals surface area contributed by atoms with Gasteiger partial charge in [0, 0.05) is 31.2 Å². The molecule has 0 radical (unpaired) electrons. The first-order valence-corrected chi connectivity index (χ1v) is 11.0. The number of aryl methyl sites for hydroxylation is 1. The molecule has 1 aromatic carbocycles. The molecule has 3 heterocycles. The zero-order valence-corrected chi connectivity index (χ0v) is 17.8. The van der Waals surface area contributed by atoms with Gasteiger partial charge in [-0.15, -0.1) is 0 Å². The van der Waals surface area contributed by atoms with Gasteiger partial charge in [0.05, 0.1) is 12.1 Å². The van der Waals surface area contributed by atoms with Crippen LogP contribution in [-0.4, -0.2) is 48.0 Å². The molecule has 2 aromatic rings. The van der Waals surface area contributed by atoms with Gasteiger partial charge in [0.25, 0.3) is 5.91 Å². The number of rotatable bonds is 5. The van der Waals surface area contributed by atoms with Crippen molar-refractivity contribution in [3.05, 3.63) is 52.4 Å². The topological polar surface area (TPSA) is 45.9 Å². The number of benzene rings is 1. The Morgan fingerprint density at radius 3 is 2.55 bits per heavy atom. The van der Waals surface area contributed by atoms with Crippen LogP contribution in [0.3, 0.4) is 0 Å². The lowest BCUT2D eigenvalue weighted by molar-refractivity contribution is 0.0699. The molecule has 2 saturated heterocycles. The lowest BCUT2D eigenvalue weighted by Gasteiger charge is -2.32. The summed E-state index contributed by atoms with van der Waals surface area (Å²) in [6.07, 6.45) is 5.28. The number of likely N-dealkylation sites (tertiary alicyclic amines) is 2. The van der Waals surface area contributed by atoms with Crippen LogP contribution in [0.15, 0.2) is 34.7 Å². The summed E-state index contributed by atoms with van der Waals surface area (Å²) >= 11 is 6.22. The quantitative estimate of drug-likeness (QED) is 0.694. The van der Waals surface area contributed by atoms with Crippen LogP contribution in [0.1, 0.15) is 54.0 Å². The van der Waals surface area contributed by atoms with Gasteiger partial charge in [0.15, 0.2) is 0 Å². The molecule has 0 bridgehead atoms. The molecule has 1 amide bonds. The molecule has 29 heavy (non-hydrogen) atoms. The zero-order valence-electron chi connectivity index (χ0n) is 17.0. The second-order valence-electron chi connectivity index (χ2n) is 8.10. The SMILES string of the molecule is Cc1ccc(CN2CCC(Oc3cc(Cl)ccc3C(=O)N3CCCCC3)CC2)o1. The number of hydrogen-bond acceptors (Lipinski definition) is 4. The average Bonchev–Trinajstić information content (AvgIpc) is 3.14. The van der Waals surface area contributed by atoms with Crippen LogP contribution in [0.2, 0.25) is 5.02 Å². The Balaban J connectivity index is 1.38. The normalized spacial score (nSPS) is 18.8. The maximum Gasteiger partial charge on any atom is 0.257 e. The summed E-state index contributed by atoms with van der Waals surface area (Å²) in [6.45, 7) is 6.34. The zero-order chi connectivity index (χ0) is 20.2. The van der Waals surface area contributed by atoms with Gasteiger partial charge in [0.1, 0.15) is 23.4 Å². The molecule has 0 atom stereocenters. The Morgan fingerprint density at radius 2 is 1.86 bits per heavy atom. The Kier molecular flexibility index (Phi) is 6.46. The average molecular weight is 417 g/mol. The van der Waals surface area contributed by atoms with Crippen molar-refractivity contribution in [1.29, 1.82) is 0 Å². The summed E-state index contributed by atoms with van der Waals surface area (Å²) in [6, 6.07) is 9.42. The van der Waals surface area contributed by atoms with Gasteiger partial charge in [-0.3, -0.25) is 9.69 Å². The summed E-state index contributed by atoms with van der Waals surface area (Å²) in [5, 5.41) is 0.598. The minimum atomic E-state index is 0.0574. The van der Waals surface area contributed by atoms with Crippen molar-refractivity contribution >= 4 is 17.5 Å². The van der Waals surface area contributed by atoms with Crippen molar-refractivity contribution in [1.82, 2.24) is 9.80 Å². The third-order valence-corrected chi connectivity index (χ3v) is 6.06. The summed E-state index contributed by atoms with van der Waals surface area (Å²) < 4.78 is 12.0. The van der Waals surface area contributed by atoms with Crippen molar-refractivity contribution < 1.29 is 13.9 Å². The third-order valence-electron chi connectivity index (χ3n) is 5.82. The number of amides is 1. The highest BCUT2D eigenvalue weighted by Gasteiger charge is 2.25. The van der Waals surface area contributed by atoms with Crippen molar-refractivity contribution in [2.75, 3.05) is 26.2 Å². The molecule has 0 N–H and O–H groups in total. The van der Waals surface area contributed by atoms with Crippen LogP contribution in [0.5, 0.6) is 5.75 Å². The number of halogens is 1. The molecule has 0 saturated carbocycles. The van der Waals surface area contributed by atoms with Crippen molar-refractivity contribution in [3.63, 3.8) is 0 Å². The van der Waals surface area contributed by atoms with E-state index in [4.69, 9.17) is 20.8 Å². The molecule has 4 rings (SSSR count). The standard InChI is InChI=1S/C23H29ClN2O3/c1-17-5-7-20(28-17)16-25-13-9-19(10-14-25)29-22-15-18(24)6-8-21(22)23(27)26-11-3-2-4-12-26/h5-8,15,19H,2-4,9-14,16H2,1H3. The van der Waals surface area contributed by atoms with Gasteiger partial charge in [-0.05, 0) is 69.4 Å². The van der Waals surface area contributed by atoms with E-state index in [1.54, 1.807) is 12.1 Å². The fraction of sp³-hybridized carbons (Fsp3) is 0.522. The fourth-order valence-electron chi connectivity index (χ4n) is 4.19. The van der Waals surface area contributed by atoms with Gasteiger partial charge in [0.2, 0.25) is 0 Å². The summed E-state index contributed by atoms with van der Waals surface area (Å²) in [5.41, 5.74) is 0.629. The van der Waals surface area contributed by atoms with E-state index >= 15 is 0 Å². The monoisotopic (exact) mass is 416 g/mol. The van der Waals surface area contributed by atoms with Gasteiger partial charge in [-0.2, -0.15) is 0 Å². The second-order valence-corrected chi connectivity index (χ2v) is 8.54. The largest absolute Gasteiger partial charge is 0.489 e. The summed E-state index contributed by atoms with van der Waals surface area (Å²) in [5.74, 6) is 2.63. The Labute approximate surface area is 177 Å². The Bertz CT molecular complexity index is 836. The first-order valence-electron chi connectivity index (χ1n) is 10.6. The maximum absolute atomic E-state index is 13.0. The fourth-order valence-corrected chi connectivity index (χ4v) is 4.36. The predicted molar refractivity (Wildman–Crippen MR) is 114 cm³/mol. The highest BCUT2D eigenvalue weighted by molar-refractivity contribution is 6.30. The number of furan rings is 1. The summed E-state index contributed by atoms with van der Waals surface area (Å²) in [4.78, 5) is 17.3. The Hall–Kier alpha value is -1.98. The Morgan fingerprint density at radius 1 is 1.10 bits per heavy atom. The number of ether oxygens (including phenoxy) is 1. The van der Waals surface area contributed by atoms with E-state index in [1.807, 2.05) is 30.0 Å². The molecule has 156 valence electrons. The van der Waals surface area contributed by atoms with Crippen LogP contribution in [-0.2, 0) is 6.54 Å². The maximum atomic E-state index is 13.0. The van der Waals surface area contributed by atoms with E-state index in [2.05, 4.69) is 4.90 Å². The number of nitrogens with zero attached hydrogens (tertiary/aromatic N) is 2. The highest BCUT2D eigenvalue weighted by atomic mass is 35.5. The number of hydrogen-bond donors (Lipinski definition) is 0. The van der Waals surface area contributed by atoms with E-state index in [0.717, 1.165) is 69.9 Å². The van der Waals surface area contributed by atoms with E-state index in [0.29, 0.717) is 16.3 Å². The van der Waals surface area contributed by atoms with Crippen LogP contribution in [0, 0.1) is 6.92 Å². The van der Waals surface area contributed by atoms with Gasteiger partial charge < -0.3 is 14.1 Å². The molecule has 0 spiro atoms. The van der Waals surface area contributed by atoms with E-state index in [1.165, 1.54) is 6.42 Å². The smallest absolute Gasteiger partial charge is 0.257 e. The molecule has 6 heteroatoms. The number of piperidine rings is 2. The van der Waals surface area contributed by atoms with Crippen molar-refractivity contribution in [3.8, 4) is 5.75 Å². The van der Waals surface area contributed by atoms with E-state index < -0.39 is 0 Å². The lowest BCUT2D eigenvalue weighted by atomic mass is 10.1. The van der Waals surface area contributed by atoms with Gasteiger partial charge in [-0.1, -0.05) is 11.6 Å².